The highest BCUT2D eigenvalue weighted by atomic mass is 16.1. The van der Waals surface area contributed by atoms with Crippen LogP contribution in [0.4, 0.5) is 0 Å². The molecule has 3 heteroatoms. The average molecular weight is 376 g/mol. The van der Waals surface area contributed by atoms with Crippen molar-refractivity contribution in [2.45, 2.75) is 92.9 Å². The van der Waals surface area contributed by atoms with Crippen molar-refractivity contribution in [1.82, 2.24) is 5.32 Å². The minimum absolute atomic E-state index is 0.0532. The van der Waals surface area contributed by atoms with Crippen molar-refractivity contribution in [3.05, 3.63) is 23.3 Å². The largest absolute Gasteiger partial charge is 0.356 e. The van der Waals surface area contributed by atoms with E-state index in [0.29, 0.717) is 31.1 Å². The van der Waals surface area contributed by atoms with Gasteiger partial charge in [0.15, 0.2) is 0 Å². The van der Waals surface area contributed by atoms with Gasteiger partial charge in [0.2, 0.25) is 5.91 Å². The Labute approximate surface area is 167 Å². The minimum atomic E-state index is -0.454. The summed E-state index contributed by atoms with van der Waals surface area (Å²) in [5.74, 6) is 0.980. The lowest BCUT2D eigenvalue weighted by molar-refractivity contribution is -0.132. The van der Waals surface area contributed by atoms with Crippen LogP contribution in [-0.4, -0.2) is 18.2 Å². The summed E-state index contributed by atoms with van der Waals surface area (Å²) < 4.78 is 0. The molecule has 2 unspecified atom stereocenters. The zero-order valence-corrected chi connectivity index (χ0v) is 18.5. The molecule has 0 radical (unpaired) electrons. The maximum Gasteiger partial charge on any atom is 0.220 e. The molecule has 1 N–H and O–H groups in total. The Hall–Kier alpha value is -1.38. The van der Waals surface area contributed by atoms with Gasteiger partial charge in [-0.05, 0) is 65.2 Å². The van der Waals surface area contributed by atoms with Gasteiger partial charge in [-0.15, -0.1) is 0 Å². The van der Waals surface area contributed by atoms with Crippen LogP contribution in [0.1, 0.15) is 92.9 Å². The molecule has 3 nitrogen and oxygen atoms in total. The molecule has 0 saturated heterocycles. The molecule has 1 heterocycles. The zero-order chi connectivity index (χ0) is 20.4. The number of hydrogen-bond donors (Lipinski definition) is 1. The Kier molecular flexibility index (Phi) is 10.0. The van der Waals surface area contributed by atoms with E-state index in [-0.39, 0.29) is 11.8 Å². The van der Waals surface area contributed by atoms with Crippen molar-refractivity contribution in [3.8, 4) is 0 Å². The highest BCUT2D eigenvalue weighted by Crippen LogP contribution is 2.33. The Balaban J connectivity index is 2.95. The highest BCUT2D eigenvalue weighted by molar-refractivity contribution is 5.87. The number of hydrogen-bond acceptors (Lipinski definition) is 2. The fourth-order valence-electron chi connectivity index (χ4n) is 3.84. The molecule has 0 bridgehead atoms. The number of Topliss-reactive ketones (excluding diaryl/α,β-unsaturated/α-hetero) is 1. The number of carbonyl (C=O) groups excluding carboxylic acids is 2. The second kappa shape index (κ2) is 11.5. The molecule has 0 saturated carbocycles. The minimum Gasteiger partial charge on any atom is -0.356 e. The van der Waals surface area contributed by atoms with E-state index in [2.05, 4.69) is 45.2 Å². The molecular formula is C24H41NO2. The summed E-state index contributed by atoms with van der Waals surface area (Å²) in [4.78, 5) is 25.5. The second-order valence-corrected chi connectivity index (χ2v) is 9.38. The van der Waals surface area contributed by atoms with Crippen LogP contribution in [0, 0.1) is 17.3 Å². The summed E-state index contributed by atoms with van der Waals surface area (Å²) in [6.07, 6.45) is 11.6. The van der Waals surface area contributed by atoms with Crippen LogP contribution in [0.15, 0.2) is 23.3 Å². The molecule has 0 fully saturated rings. The maximum absolute atomic E-state index is 13.3. The first kappa shape index (κ1) is 23.7. The van der Waals surface area contributed by atoms with E-state index in [1.807, 2.05) is 13.8 Å². The zero-order valence-electron chi connectivity index (χ0n) is 18.5. The van der Waals surface area contributed by atoms with Gasteiger partial charge in [-0.1, -0.05) is 50.5 Å². The first-order valence-corrected chi connectivity index (χ1v) is 10.7. The summed E-state index contributed by atoms with van der Waals surface area (Å²) in [5.41, 5.74) is 2.22. The first-order chi connectivity index (χ1) is 12.6. The molecule has 154 valence electrons. The van der Waals surface area contributed by atoms with Crippen LogP contribution >= 0.6 is 0 Å². The molecule has 0 aromatic rings. The van der Waals surface area contributed by atoms with E-state index in [4.69, 9.17) is 0 Å². The van der Waals surface area contributed by atoms with E-state index in [9.17, 15) is 9.59 Å². The molecule has 0 spiro atoms. The van der Waals surface area contributed by atoms with Gasteiger partial charge in [0.1, 0.15) is 5.78 Å². The fraction of sp³-hybridized carbons (Fsp3) is 0.750. The van der Waals surface area contributed by atoms with Crippen molar-refractivity contribution in [2.24, 2.45) is 17.3 Å². The fourth-order valence-corrected chi connectivity index (χ4v) is 3.84. The third-order valence-corrected chi connectivity index (χ3v) is 5.74. The normalized spacial score (nSPS) is 26.1. The van der Waals surface area contributed by atoms with Gasteiger partial charge in [0.05, 0.1) is 0 Å². The summed E-state index contributed by atoms with van der Waals surface area (Å²) in [7, 11) is 0. The predicted molar refractivity (Wildman–Crippen MR) is 115 cm³/mol. The first-order valence-electron chi connectivity index (χ1n) is 10.7. The third-order valence-electron chi connectivity index (χ3n) is 5.74. The molecule has 1 amide bonds. The quantitative estimate of drug-likeness (QED) is 0.602. The summed E-state index contributed by atoms with van der Waals surface area (Å²) in [6.45, 7) is 13.4. The lowest BCUT2D eigenvalue weighted by Crippen LogP contribution is -2.34. The van der Waals surface area contributed by atoms with Crippen LogP contribution < -0.4 is 5.32 Å². The van der Waals surface area contributed by atoms with Gasteiger partial charge >= 0.3 is 0 Å². The number of rotatable bonds is 2. The lowest BCUT2D eigenvalue weighted by atomic mass is 9.73. The standard InChI is InChI=1S/C24H41NO2/c1-18(2)12-13-21-17-20(4)10-7-9-19(3)11-8-16-25-22(26)14-15-24(5,6)23(21)27/h11-12,20-21H,7-10,13-17H2,1-6H3,(H,25,26). The number of allylic oxidation sites excluding steroid dienone is 3. The molecule has 27 heavy (non-hydrogen) atoms. The lowest BCUT2D eigenvalue weighted by Gasteiger charge is -2.29. The van der Waals surface area contributed by atoms with Gasteiger partial charge in [0, 0.05) is 24.3 Å². The number of nitrogens with one attached hydrogen (secondary N) is 1. The van der Waals surface area contributed by atoms with E-state index in [1.165, 1.54) is 24.0 Å². The monoisotopic (exact) mass is 375 g/mol. The van der Waals surface area contributed by atoms with Crippen molar-refractivity contribution in [2.75, 3.05) is 6.54 Å². The van der Waals surface area contributed by atoms with E-state index in [1.54, 1.807) is 0 Å². The van der Waals surface area contributed by atoms with Crippen LogP contribution in [0.25, 0.3) is 0 Å². The molecule has 1 rings (SSSR count). The van der Waals surface area contributed by atoms with Crippen LogP contribution in [0.3, 0.4) is 0 Å². The number of ketones is 1. The molecular weight excluding hydrogens is 334 g/mol. The number of amides is 1. The van der Waals surface area contributed by atoms with Gasteiger partial charge in [0.25, 0.3) is 0 Å². The Bertz CT molecular complexity index is 553. The third kappa shape index (κ3) is 9.39. The average Bonchev–Trinajstić information content (AvgIpc) is 2.59. The topological polar surface area (TPSA) is 46.2 Å². The van der Waals surface area contributed by atoms with Crippen molar-refractivity contribution in [3.63, 3.8) is 0 Å². The van der Waals surface area contributed by atoms with E-state index >= 15 is 0 Å². The second-order valence-electron chi connectivity index (χ2n) is 9.38. The molecule has 1 aliphatic rings. The Morgan fingerprint density at radius 1 is 1.26 bits per heavy atom. The summed E-state index contributed by atoms with van der Waals surface area (Å²) in [6, 6.07) is 0. The van der Waals surface area contributed by atoms with Gasteiger partial charge in [-0.3, -0.25) is 9.59 Å². The smallest absolute Gasteiger partial charge is 0.220 e. The van der Waals surface area contributed by atoms with Crippen molar-refractivity contribution < 1.29 is 9.59 Å². The molecule has 1 aliphatic heterocycles. The van der Waals surface area contributed by atoms with Gasteiger partial charge < -0.3 is 5.32 Å². The summed E-state index contributed by atoms with van der Waals surface area (Å²) in [5, 5.41) is 2.99. The highest BCUT2D eigenvalue weighted by Gasteiger charge is 2.34. The molecule has 0 aromatic heterocycles. The van der Waals surface area contributed by atoms with Gasteiger partial charge in [-0.2, -0.15) is 0 Å². The van der Waals surface area contributed by atoms with Crippen molar-refractivity contribution >= 4 is 11.7 Å². The molecule has 0 aromatic carbocycles. The van der Waals surface area contributed by atoms with Gasteiger partial charge in [-0.25, -0.2) is 0 Å². The summed E-state index contributed by atoms with van der Waals surface area (Å²) >= 11 is 0. The van der Waals surface area contributed by atoms with E-state index in [0.717, 1.165) is 25.7 Å². The predicted octanol–water partition coefficient (Wildman–Crippen LogP) is 6.00. The Morgan fingerprint density at radius 2 is 1.96 bits per heavy atom. The SMILES string of the molecule is CC(C)=CCC1CC(C)CCCC(C)=CCCNC(=O)CCC(C)(C)C1=O. The van der Waals surface area contributed by atoms with Crippen LogP contribution in [0.5, 0.6) is 0 Å². The molecule has 0 aliphatic carbocycles. The maximum atomic E-state index is 13.3. The Morgan fingerprint density at radius 3 is 2.63 bits per heavy atom. The molecule has 2 atom stereocenters. The van der Waals surface area contributed by atoms with Crippen LogP contribution in [0.2, 0.25) is 0 Å². The van der Waals surface area contributed by atoms with E-state index < -0.39 is 5.41 Å². The number of carbonyl (C=O) groups is 2. The van der Waals surface area contributed by atoms with Crippen molar-refractivity contribution in [1.29, 1.82) is 0 Å². The van der Waals surface area contributed by atoms with Crippen LogP contribution in [-0.2, 0) is 9.59 Å².